The molecule has 136 valence electrons. The molecule has 0 aromatic heterocycles. The van der Waals surface area contributed by atoms with Crippen LogP contribution in [-0.2, 0) is 0 Å². The summed E-state index contributed by atoms with van der Waals surface area (Å²) in [6, 6.07) is 0.852. The first-order valence-corrected chi connectivity index (χ1v) is 10.2. The summed E-state index contributed by atoms with van der Waals surface area (Å²) in [5, 5.41) is 0. The molecule has 2 nitrogen and oxygen atoms in total. The Morgan fingerprint density at radius 3 is 1.35 bits per heavy atom. The Balaban J connectivity index is 2.23. The van der Waals surface area contributed by atoms with Crippen molar-refractivity contribution in [2.75, 3.05) is 0 Å². The van der Waals surface area contributed by atoms with Crippen LogP contribution in [0.3, 0.4) is 0 Å². The average Bonchev–Trinajstić information content (AvgIpc) is 2.46. The molecule has 0 aromatic carbocycles. The molecule has 0 heterocycles. The highest BCUT2D eigenvalue weighted by Gasteiger charge is 2.48. The van der Waals surface area contributed by atoms with E-state index in [2.05, 4.69) is 41.5 Å². The van der Waals surface area contributed by atoms with Gasteiger partial charge in [0, 0.05) is 12.1 Å². The Morgan fingerprint density at radius 2 is 1.04 bits per heavy atom. The maximum Gasteiger partial charge on any atom is 0.00417 e. The van der Waals surface area contributed by atoms with Gasteiger partial charge in [-0.15, -0.1) is 0 Å². The van der Waals surface area contributed by atoms with Crippen LogP contribution in [0, 0.1) is 40.9 Å². The topological polar surface area (TPSA) is 52.0 Å². The highest BCUT2D eigenvalue weighted by atomic mass is 14.7. The predicted octanol–water partition coefficient (Wildman–Crippen LogP) is 4.81. The highest BCUT2D eigenvalue weighted by molar-refractivity contribution is 4.98. The van der Waals surface area contributed by atoms with Crippen LogP contribution < -0.4 is 11.5 Å². The van der Waals surface area contributed by atoms with Crippen molar-refractivity contribution in [3.63, 3.8) is 0 Å². The second-order valence-electron chi connectivity index (χ2n) is 10.00. The molecule has 23 heavy (non-hydrogen) atoms. The maximum absolute atomic E-state index is 6.32. The molecule has 6 unspecified atom stereocenters. The van der Waals surface area contributed by atoms with Crippen LogP contribution in [0.2, 0.25) is 0 Å². The molecule has 0 saturated heterocycles. The molecule has 0 aromatic rings. The van der Waals surface area contributed by atoms with Crippen LogP contribution in [0.1, 0.15) is 80.1 Å². The fourth-order valence-corrected chi connectivity index (χ4v) is 6.07. The summed E-state index contributed by atoms with van der Waals surface area (Å²) in [7, 11) is 0. The minimum absolute atomic E-state index is 0.407. The van der Waals surface area contributed by atoms with Crippen LogP contribution in [0.15, 0.2) is 0 Å². The maximum atomic E-state index is 6.32. The summed E-state index contributed by atoms with van der Waals surface area (Å²) in [4.78, 5) is 0. The first-order valence-electron chi connectivity index (χ1n) is 10.2. The molecular weight excluding hydrogens is 280 g/mol. The third-order valence-corrected chi connectivity index (χ3v) is 7.50. The SMILES string of the molecule is CC(C)C1CC(N)CCC1C(C)(C)C1CCC(N)CC1C(C)C. The van der Waals surface area contributed by atoms with Crippen molar-refractivity contribution in [3.05, 3.63) is 0 Å². The van der Waals surface area contributed by atoms with Gasteiger partial charge in [-0.05, 0) is 79.4 Å². The molecule has 0 spiro atoms. The Bertz CT molecular complexity index is 340. The molecule has 0 amide bonds. The van der Waals surface area contributed by atoms with Crippen molar-refractivity contribution in [1.82, 2.24) is 0 Å². The molecule has 4 N–H and O–H groups in total. The van der Waals surface area contributed by atoms with E-state index >= 15 is 0 Å². The summed E-state index contributed by atoms with van der Waals surface area (Å²) >= 11 is 0. The summed E-state index contributed by atoms with van der Waals surface area (Å²) < 4.78 is 0. The van der Waals surface area contributed by atoms with Crippen LogP contribution in [0.25, 0.3) is 0 Å². The predicted molar refractivity (Wildman–Crippen MR) is 101 cm³/mol. The minimum Gasteiger partial charge on any atom is -0.328 e. The lowest BCUT2D eigenvalue weighted by atomic mass is 9.52. The van der Waals surface area contributed by atoms with Crippen LogP contribution in [-0.4, -0.2) is 12.1 Å². The van der Waals surface area contributed by atoms with Crippen molar-refractivity contribution in [3.8, 4) is 0 Å². The van der Waals surface area contributed by atoms with E-state index in [4.69, 9.17) is 11.5 Å². The van der Waals surface area contributed by atoms with Crippen molar-refractivity contribution < 1.29 is 0 Å². The molecule has 0 bridgehead atoms. The van der Waals surface area contributed by atoms with E-state index in [0.717, 1.165) is 35.5 Å². The van der Waals surface area contributed by atoms with Crippen molar-refractivity contribution in [1.29, 1.82) is 0 Å². The molecule has 2 heteroatoms. The molecule has 2 aliphatic rings. The van der Waals surface area contributed by atoms with Gasteiger partial charge in [0.2, 0.25) is 0 Å². The van der Waals surface area contributed by atoms with Gasteiger partial charge in [0.15, 0.2) is 0 Å². The molecule has 6 atom stereocenters. The second-order valence-corrected chi connectivity index (χ2v) is 10.00. The molecule has 0 aliphatic heterocycles. The number of rotatable bonds is 4. The van der Waals surface area contributed by atoms with Gasteiger partial charge in [0.25, 0.3) is 0 Å². The van der Waals surface area contributed by atoms with E-state index in [9.17, 15) is 0 Å². The van der Waals surface area contributed by atoms with Gasteiger partial charge < -0.3 is 11.5 Å². The van der Waals surface area contributed by atoms with E-state index in [1.54, 1.807) is 0 Å². The molecule has 2 aliphatic carbocycles. The Hall–Kier alpha value is -0.0800. The third kappa shape index (κ3) is 4.12. The summed E-state index contributed by atoms with van der Waals surface area (Å²) in [5.41, 5.74) is 13.1. The average molecular weight is 323 g/mol. The van der Waals surface area contributed by atoms with Crippen LogP contribution in [0.4, 0.5) is 0 Å². The Labute approximate surface area is 145 Å². The van der Waals surface area contributed by atoms with E-state index in [1.807, 2.05) is 0 Å². The van der Waals surface area contributed by atoms with Gasteiger partial charge in [-0.2, -0.15) is 0 Å². The van der Waals surface area contributed by atoms with Gasteiger partial charge in [-0.1, -0.05) is 41.5 Å². The van der Waals surface area contributed by atoms with Gasteiger partial charge in [-0.25, -0.2) is 0 Å². The molecule has 2 fully saturated rings. The number of hydrogen-bond donors (Lipinski definition) is 2. The fourth-order valence-electron chi connectivity index (χ4n) is 6.07. The fraction of sp³-hybridized carbons (Fsp3) is 1.00. The zero-order valence-corrected chi connectivity index (χ0v) is 16.5. The molecule has 2 saturated carbocycles. The monoisotopic (exact) mass is 322 g/mol. The van der Waals surface area contributed by atoms with E-state index < -0.39 is 0 Å². The normalized spacial score (nSPS) is 39.9. The smallest absolute Gasteiger partial charge is 0.00417 e. The largest absolute Gasteiger partial charge is 0.328 e. The van der Waals surface area contributed by atoms with E-state index in [1.165, 1.54) is 38.5 Å². The lowest BCUT2D eigenvalue weighted by Gasteiger charge is -2.54. The van der Waals surface area contributed by atoms with E-state index in [0.29, 0.717) is 17.5 Å². The Kier molecular flexibility index (Phi) is 6.22. The lowest BCUT2D eigenvalue weighted by molar-refractivity contribution is -0.0374. The highest BCUT2D eigenvalue weighted by Crippen LogP contribution is 2.54. The zero-order valence-electron chi connectivity index (χ0n) is 16.5. The summed E-state index contributed by atoms with van der Waals surface area (Å²) in [5.74, 6) is 4.71. The van der Waals surface area contributed by atoms with E-state index in [-0.39, 0.29) is 0 Å². The first kappa shape index (κ1) is 19.2. The standard InChI is InChI=1S/C21H42N2/c1-13(2)17-11-15(22)7-9-19(17)21(5,6)20-10-8-16(23)12-18(20)14(3)4/h13-20H,7-12,22-23H2,1-6H3. The zero-order chi connectivity index (χ0) is 17.4. The Morgan fingerprint density at radius 1 is 0.696 bits per heavy atom. The number of hydrogen-bond acceptors (Lipinski definition) is 2. The summed E-state index contributed by atoms with van der Waals surface area (Å²) in [6.45, 7) is 14.8. The van der Waals surface area contributed by atoms with Gasteiger partial charge in [-0.3, -0.25) is 0 Å². The van der Waals surface area contributed by atoms with Crippen LogP contribution in [0.5, 0.6) is 0 Å². The van der Waals surface area contributed by atoms with Gasteiger partial charge in [0.05, 0.1) is 0 Å². The van der Waals surface area contributed by atoms with Crippen LogP contribution >= 0.6 is 0 Å². The van der Waals surface area contributed by atoms with Gasteiger partial charge >= 0.3 is 0 Å². The third-order valence-electron chi connectivity index (χ3n) is 7.50. The molecule has 0 radical (unpaired) electrons. The van der Waals surface area contributed by atoms with Gasteiger partial charge in [0.1, 0.15) is 0 Å². The second kappa shape index (κ2) is 7.44. The van der Waals surface area contributed by atoms with Crippen molar-refractivity contribution >= 4 is 0 Å². The molecular formula is C21H42N2. The number of nitrogens with two attached hydrogens (primary N) is 2. The first-order chi connectivity index (χ1) is 10.6. The quantitative estimate of drug-likeness (QED) is 0.780. The van der Waals surface area contributed by atoms with Crippen molar-refractivity contribution in [2.24, 2.45) is 52.4 Å². The van der Waals surface area contributed by atoms with Crippen molar-refractivity contribution in [2.45, 2.75) is 92.2 Å². The summed E-state index contributed by atoms with van der Waals surface area (Å²) in [6.07, 6.45) is 7.54. The lowest BCUT2D eigenvalue weighted by Crippen LogP contribution is -2.49. The molecule has 2 rings (SSSR count). The minimum atomic E-state index is 0.407.